The minimum absolute atomic E-state index is 0.0567. The third kappa shape index (κ3) is 11.0. The summed E-state index contributed by atoms with van der Waals surface area (Å²) in [6.45, 7) is 13.0. The van der Waals surface area contributed by atoms with Crippen molar-refractivity contribution in [2.75, 3.05) is 45.7 Å². The van der Waals surface area contributed by atoms with Crippen LogP contribution in [0.2, 0.25) is 0 Å². The van der Waals surface area contributed by atoms with Crippen LogP contribution >= 0.6 is 0 Å². The number of likely N-dealkylation sites (N-methyl/N-ethyl adjacent to an activating group) is 2. The Balaban J connectivity index is 1.37. The van der Waals surface area contributed by atoms with Gasteiger partial charge in [-0.1, -0.05) is 56.2 Å². The van der Waals surface area contributed by atoms with E-state index in [9.17, 15) is 4.79 Å². The number of piperidine rings is 1. The number of aryl methyl sites for hydroxylation is 1. The highest BCUT2D eigenvalue weighted by molar-refractivity contribution is 5.81. The van der Waals surface area contributed by atoms with E-state index in [1.165, 1.54) is 68.1 Å². The van der Waals surface area contributed by atoms with E-state index in [4.69, 9.17) is 0 Å². The van der Waals surface area contributed by atoms with Crippen molar-refractivity contribution in [2.45, 2.75) is 89.8 Å². The fraction of sp³-hybridized carbons (Fsp3) is 0.556. The van der Waals surface area contributed by atoms with Gasteiger partial charge in [0, 0.05) is 39.4 Å². The molecule has 6 heteroatoms. The smallest absolute Gasteiger partial charge is 0.237 e. The van der Waals surface area contributed by atoms with Gasteiger partial charge in [0.25, 0.3) is 0 Å². The highest BCUT2D eigenvalue weighted by Crippen LogP contribution is 2.21. The van der Waals surface area contributed by atoms with E-state index in [2.05, 4.69) is 75.5 Å². The number of rotatable bonds is 19. The van der Waals surface area contributed by atoms with Crippen molar-refractivity contribution in [2.24, 2.45) is 0 Å². The van der Waals surface area contributed by atoms with Gasteiger partial charge in [-0.2, -0.15) is 0 Å². The van der Waals surface area contributed by atoms with E-state index in [0.717, 1.165) is 63.4 Å². The molecule has 1 fully saturated rings. The Morgan fingerprint density at radius 3 is 2.50 bits per heavy atom. The molecule has 42 heavy (non-hydrogen) atoms. The largest absolute Gasteiger partial charge is 0.358 e. The molecule has 0 saturated carbocycles. The molecule has 6 nitrogen and oxygen atoms in total. The van der Waals surface area contributed by atoms with Crippen molar-refractivity contribution in [1.29, 1.82) is 0 Å². The van der Waals surface area contributed by atoms with Gasteiger partial charge in [0.2, 0.25) is 5.91 Å². The molecule has 1 aromatic heterocycles. The molecule has 2 aromatic rings. The fourth-order valence-corrected chi connectivity index (χ4v) is 6.01. The predicted molar refractivity (Wildman–Crippen MR) is 179 cm³/mol. The molecule has 3 rings (SSSR count). The number of nitrogens with zero attached hydrogens (tertiary/aromatic N) is 4. The molecule has 0 bridgehead atoms. The number of aromatic nitrogens is 1. The predicted octanol–water partition coefficient (Wildman–Crippen LogP) is 6.85. The standard InChI is InChI=1S/C36H55N5O/c1-6-8-18-34(36(42)37-3)40(5)29-33-26-30(19-20-32(33)7-2)17-13-10-9-11-14-23-39(4)28-31-21-22-38-35(27-31)41-24-15-12-16-25-41/h6-7,19-22,26-27,34H,1-2,8-18,23-25,28-29H2,3-5H3,(H,37,42). The summed E-state index contributed by atoms with van der Waals surface area (Å²) >= 11 is 0. The van der Waals surface area contributed by atoms with Crippen LogP contribution in [0.4, 0.5) is 5.82 Å². The summed E-state index contributed by atoms with van der Waals surface area (Å²) < 4.78 is 0. The SMILES string of the molecule is C=CCCC(C(=O)NC)N(C)Cc1cc(CCCCCCCN(C)Cc2ccnc(N3CCCCC3)c2)ccc1C=C. The van der Waals surface area contributed by atoms with Crippen molar-refractivity contribution >= 4 is 17.8 Å². The number of carbonyl (C=O) groups excluding carboxylic acids is 1. The first-order valence-electron chi connectivity index (χ1n) is 16.1. The second-order valence-corrected chi connectivity index (χ2v) is 12.0. The molecule has 1 aliphatic rings. The highest BCUT2D eigenvalue weighted by Gasteiger charge is 2.22. The zero-order valence-electron chi connectivity index (χ0n) is 26.6. The third-order valence-electron chi connectivity index (χ3n) is 8.52. The Labute approximate surface area is 255 Å². The minimum Gasteiger partial charge on any atom is -0.358 e. The molecule has 1 unspecified atom stereocenters. The number of carbonyl (C=O) groups is 1. The number of unbranched alkanes of at least 4 members (excludes halogenated alkanes) is 4. The summed E-state index contributed by atoms with van der Waals surface area (Å²) in [5, 5.41) is 2.82. The Bertz CT molecular complexity index is 1110. The van der Waals surface area contributed by atoms with Gasteiger partial charge in [-0.05, 0) is 106 Å². The van der Waals surface area contributed by atoms with Crippen LogP contribution in [0.25, 0.3) is 6.08 Å². The van der Waals surface area contributed by atoms with Crippen LogP contribution in [0, 0.1) is 0 Å². The second kappa shape index (κ2) is 18.6. The van der Waals surface area contributed by atoms with Crippen molar-refractivity contribution < 1.29 is 4.79 Å². The molecule has 1 N–H and O–H groups in total. The molecular formula is C36H55N5O. The van der Waals surface area contributed by atoms with E-state index >= 15 is 0 Å². The third-order valence-corrected chi connectivity index (χ3v) is 8.52. The van der Waals surface area contributed by atoms with Crippen molar-refractivity contribution in [3.8, 4) is 0 Å². The van der Waals surface area contributed by atoms with Crippen LogP contribution in [-0.2, 0) is 24.3 Å². The van der Waals surface area contributed by atoms with Crippen LogP contribution in [0.15, 0.2) is 55.8 Å². The second-order valence-electron chi connectivity index (χ2n) is 12.0. The Morgan fingerprint density at radius 1 is 1.00 bits per heavy atom. The molecule has 0 radical (unpaired) electrons. The lowest BCUT2D eigenvalue weighted by Gasteiger charge is -2.28. The molecule has 1 aromatic carbocycles. The number of hydrogen-bond donors (Lipinski definition) is 1. The van der Waals surface area contributed by atoms with Gasteiger partial charge in [0.1, 0.15) is 5.82 Å². The van der Waals surface area contributed by atoms with E-state index in [-0.39, 0.29) is 11.9 Å². The van der Waals surface area contributed by atoms with Gasteiger partial charge >= 0.3 is 0 Å². The van der Waals surface area contributed by atoms with Gasteiger partial charge in [-0.15, -0.1) is 6.58 Å². The number of anilines is 1. The molecule has 2 heterocycles. The summed E-state index contributed by atoms with van der Waals surface area (Å²) in [5.41, 5.74) is 5.11. The Kier molecular flexibility index (Phi) is 14.8. The van der Waals surface area contributed by atoms with Gasteiger partial charge in [-0.25, -0.2) is 4.98 Å². The molecule has 1 amide bonds. The van der Waals surface area contributed by atoms with Gasteiger partial charge in [0.05, 0.1) is 6.04 Å². The van der Waals surface area contributed by atoms with E-state index < -0.39 is 0 Å². The number of pyridine rings is 1. The maximum Gasteiger partial charge on any atom is 0.237 e. The maximum absolute atomic E-state index is 12.5. The zero-order chi connectivity index (χ0) is 30.2. The molecular weight excluding hydrogens is 518 g/mol. The van der Waals surface area contributed by atoms with E-state index in [1.807, 2.05) is 25.4 Å². The lowest BCUT2D eigenvalue weighted by molar-refractivity contribution is -0.125. The summed E-state index contributed by atoms with van der Waals surface area (Å²) in [7, 11) is 5.97. The van der Waals surface area contributed by atoms with Gasteiger partial charge < -0.3 is 15.1 Å². The first kappa shape index (κ1) is 33.5. The average Bonchev–Trinajstić information content (AvgIpc) is 3.01. The lowest BCUT2D eigenvalue weighted by Crippen LogP contribution is -2.43. The first-order valence-corrected chi connectivity index (χ1v) is 16.1. The zero-order valence-corrected chi connectivity index (χ0v) is 26.6. The summed E-state index contributed by atoms with van der Waals surface area (Å²) in [5.74, 6) is 1.21. The van der Waals surface area contributed by atoms with E-state index in [0.29, 0.717) is 0 Å². The maximum atomic E-state index is 12.5. The van der Waals surface area contributed by atoms with Crippen LogP contribution in [0.5, 0.6) is 0 Å². The molecule has 230 valence electrons. The van der Waals surface area contributed by atoms with Crippen molar-refractivity contribution in [3.63, 3.8) is 0 Å². The van der Waals surface area contributed by atoms with Crippen LogP contribution < -0.4 is 10.2 Å². The Morgan fingerprint density at radius 2 is 1.76 bits per heavy atom. The number of nitrogens with one attached hydrogen (secondary N) is 1. The highest BCUT2D eigenvalue weighted by atomic mass is 16.2. The number of benzene rings is 1. The average molecular weight is 574 g/mol. The quantitative estimate of drug-likeness (QED) is 0.147. The van der Waals surface area contributed by atoms with Gasteiger partial charge in [0.15, 0.2) is 0 Å². The topological polar surface area (TPSA) is 51.7 Å². The summed E-state index contributed by atoms with van der Waals surface area (Å²) in [4.78, 5) is 24.2. The Hall–Kier alpha value is -2.96. The number of hydrogen-bond acceptors (Lipinski definition) is 5. The lowest BCUT2D eigenvalue weighted by atomic mass is 9.98. The van der Waals surface area contributed by atoms with Crippen molar-refractivity contribution in [3.05, 3.63) is 78.0 Å². The van der Waals surface area contributed by atoms with E-state index in [1.54, 1.807) is 7.05 Å². The monoisotopic (exact) mass is 573 g/mol. The number of allylic oxidation sites excluding steroid dienone is 1. The first-order chi connectivity index (χ1) is 20.4. The van der Waals surface area contributed by atoms with Crippen LogP contribution in [0.1, 0.15) is 86.5 Å². The number of amides is 1. The molecule has 0 aliphatic carbocycles. The fourth-order valence-electron chi connectivity index (χ4n) is 6.01. The van der Waals surface area contributed by atoms with Crippen LogP contribution in [0.3, 0.4) is 0 Å². The van der Waals surface area contributed by atoms with Crippen molar-refractivity contribution in [1.82, 2.24) is 20.1 Å². The normalized spacial score (nSPS) is 14.3. The molecule has 1 saturated heterocycles. The summed E-state index contributed by atoms with van der Waals surface area (Å²) in [6.07, 6.45) is 18.6. The summed E-state index contributed by atoms with van der Waals surface area (Å²) in [6, 6.07) is 11.0. The van der Waals surface area contributed by atoms with Crippen LogP contribution in [-0.4, -0.2) is 67.5 Å². The van der Waals surface area contributed by atoms with Gasteiger partial charge in [-0.3, -0.25) is 9.69 Å². The molecule has 1 atom stereocenters. The molecule has 0 spiro atoms. The molecule has 1 aliphatic heterocycles. The minimum atomic E-state index is -0.171.